The van der Waals surface area contributed by atoms with Gasteiger partial charge in [0.1, 0.15) is 5.82 Å². The smallest absolute Gasteiger partial charge is 0.258 e. The fraction of sp³-hybridized carbons (Fsp3) is 0.111. The van der Waals surface area contributed by atoms with Crippen LogP contribution in [0.1, 0.15) is 5.82 Å². The Hall–Kier alpha value is -1.16. The number of H-pyrrole nitrogens is 1. The number of nitrogens with zero attached hydrogens (tertiary/aromatic N) is 1. The molecule has 1 heterocycles. The van der Waals surface area contributed by atoms with Crippen LogP contribution in [0.3, 0.4) is 0 Å². The Balaban J connectivity index is 2.95. The van der Waals surface area contributed by atoms with Gasteiger partial charge < -0.3 is 4.98 Å². The highest BCUT2D eigenvalue weighted by Gasteiger charge is 2.00. The minimum absolute atomic E-state index is 0.0937. The van der Waals surface area contributed by atoms with Crippen LogP contribution in [0.4, 0.5) is 0 Å². The molecule has 0 unspecified atom stereocenters. The van der Waals surface area contributed by atoms with Crippen molar-refractivity contribution in [1.29, 1.82) is 0 Å². The summed E-state index contributed by atoms with van der Waals surface area (Å²) in [4.78, 5) is 18.3. The van der Waals surface area contributed by atoms with E-state index in [-0.39, 0.29) is 5.56 Å². The van der Waals surface area contributed by atoms with E-state index in [1.807, 2.05) is 12.1 Å². The summed E-state index contributed by atoms with van der Waals surface area (Å²) >= 11 is 3.30. The number of halogens is 1. The van der Waals surface area contributed by atoms with Crippen molar-refractivity contribution >= 4 is 26.8 Å². The van der Waals surface area contributed by atoms with Gasteiger partial charge in [-0.05, 0) is 25.1 Å². The molecule has 0 aliphatic carbocycles. The van der Waals surface area contributed by atoms with Crippen molar-refractivity contribution in [3.8, 4) is 0 Å². The molecule has 13 heavy (non-hydrogen) atoms. The summed E-state index contributed by atoms with van der Waals surface area (Å²) in [7, 11) is 0. The number of aryl methyl sites for hydroxylation is 1. The molecule has 0 bridgehead atoms. The Morgan fingerprint density at radius 2 is 2.23 bits per heavy atom. The fourth-order valence-corrected chi connectivity index (χ4v) is 1.59. The SMILES string of the molecule is Cc1nc2ccc(Br)cc2c(=O)[nH]1. The van der Waals surface area contributed by atoms with Crippen molar-refractivity contribution in [2.75, 3.05) is 0 Å². The number of benzene rings is 1. The van der Waals surface area contributed by atoms with Crippen LogP contribution >= 0.6 is 15.9 Å². The molecule has 0 atom stereocenters. The van der Waals surface area contributed by atoms with Crippen molar-refractivity contribution in [3.63, 3.8) is 0 Å². The van der Waals surface area contributed by atoms with E-state index in [4.69, 9.17) is 0 Å². The van der Waals surface area contributed by atoms with Crippen molar-refractivity contribution in [2.45, 2.75) is 6.92 Å². The van der Waals surface area contributed by atoms with Gasteiger partial charge in [-0.3, -0.25) is 4.79 Å². The number of hydrogen-bond acceptors (Lipinski definition) is 2. The Morgan fingerprint density at radius 3 is 3.00 bits per heavy atom. The molecule has 0 radical (unpaired) electrons. The molecule has 0 amide bonds. The molecule has 0 aliphatic rings. The first-order chi connectivity index (χ1) is 6.16. The third kappa shape index (κ3) is 1.49. The van der Waals surface area contributed by atoms with Gasteiger partial charge in [0, 0.05) is 4.47 Å². The van der Waals surface area contributed by atoms with Gasteiger partial charge in [0.05, 0.1) is 10.9 Å². The monoisotopic (exact) mass is 238 g/mol. The number of fused-ring (bicyclic) bond motifs is 1. The molecule has 1 aromatic heterocycles. The normalized spacial score (nSPS) is 10.6. The van der Waals surface area contributed by atoms with E-state index in [1.54, 1.807) is 13.0 Å². The van der Waals surface area contributed by atoms with E-state index < -0.39 is 0 Å². The third-order valence-corrected chi connectivity index (χ3v) is 2.28. The summed E-state index contributed by atoms with van der Waals surface area (Å²) in [6, 6.07) is 5.45. The predicted molar refractivity (Wildman–Crippen MR) is 54.8 cm³/mol. The summed E-state index contributed by atoms with van der Waals surface area (Å²) in [5, 5.41) is 0.611. The van der Waals surface area contributed by atoms with Crippen LogP contribution in [0.2, 0.25) is 0 Å². The van der Waals surface area contributed by atoms with Gasteiger partial charge in [0.2, 0.25) is 0 Å². The lowest BCUT2D eigenvalue weighted by molar-refractivity contribution is 1.06. The van der Waals surface area contributed by atoms with Crippen LogP contribution in [0, 0.1) is 6.92 Å². The van der Waals surface area contributed by atoms with Crippen LogP contribution in [0.5, 0.6) is 0 Å². The summed E-state index contributed by atoms with van der Waals surface area (Å²) in [5.41, 5.74) is 0.633. The molecule has 1 N–H and O–H groups in total. The summed E-state index contributed by atoms with van der Waals surface area (Å²) in [5.74, 6) is 0.639. The van der Waals surface area contributed by atoms with Crippen LogP contribution < -0.4 is 5.56 Å². The number of hydrogen-bond donors (Lipinski definition) is 1. The van der Waals surface area contributed by atoms with Crippen LogP contribution in [0.15, 0.2) is 27.5 Å². The molecule has 2 aromatic rings. The van der Waals surface area contributed by atoms with E-state index in [0.717, 1.165) is 9.99 Å². The number of rotatable bonds is 0. The Labute approximate surface area is 82.9 Å². The molecule has 1 aromatic carbocycles. The number of aromatic nitrogens is 2. The molecule has 3 nitrogen and oxygen atoms in total. The van der Waals surface area contributed by atoms with Crippen molar-refractivity contribution < 1.29 is 0 Å². The molecule has 0 spiro atoms. The average molecular weight is 239 g/mol. The molecule has 66 valence electrons. The molecular formula is C9H7BrN2O. The van der Waals surface area contributed by atoms with Gasteiger partial charge in [-0.15, -0.1) is 0 Å². The van der Waals surface area contributed by atoms with Gasteiger partial charge in [0.25, 0.3) is 5.56 Å². The van der Waals surface area contributed by atoms with Crippen molar-refractivity contribution in [3.05, 3.63) is 38.9 Å². The van der Waals surface area contributed by atoms with Crippen LogP contribution in [0.25, 0.3) is 10.9 Å². The van der Waals surface area contributed by atoms with E-state index >= 15 is 0 Å². The van der Waals surface area contributed by atoms with Gasteiger partial charge in [-0.2, -0.15) is 0 Å². The molecule has 0 fully saturated rings. The lowest BCUT2D eigenvalue weighted by Gasteiger charge is -1.98. The maximum Gasteiger partial charge on any atom is 0.258 e. The van der Waals surface area contributed by atoms with E-state index in [0.29, 0.717) is 11.2 Å². The summed E-state index contributed by atoms with van der Waals surface area (Å²) in [6.07, 6.45) is 0. The highest BCUT2D eigenvalue weighted by molar-refractivity contribution is 9.10. The van der Waals surface area contributed by atoms with Gasteiger partial charge >= 0.3 is 0 Å². The van der Waals surface area contributed by atoms with Crippen molar-refractivity contribution in [2.24, 2.45) is 0 Å². The average Bonchev–Trinajstić information content (AvgIpc) is 2.06. The minimum atomic E-state index is -0.0937. The molecule has 0 saturated heterocycles. The predicted octanol–water partition coefficient (Wildman–Crippen LogP) is 1.99. The zero-order chi connectivity index (χ0) is 9.42. The first-order valence-corrected chi connectivity index (χ1v) is 4.62. The molecule has 0 saturated carbocycles. The first kappa shape index (κ1) is 8.44. The molecular weight excluding hydrogens is 232 g/mol. The van der Waals surface area contributed by atoms with E-state index in [1.165, 1.54) is 0 Å². The fourth-order valence-electron chi connectivity index (χ4n) is 1.23. The quantitative estimate of drug-likeness (QED) is 0.764. The lowest BCUT2D eigenvalue weighted by Crippen LogP contribution is -2.09. The zero-order valence-corrected chi connectivity index (χ0v) is 8.55. The lowest BCUT2D eigenvalue weighted by atomic mass is 10.2. The highest BCUT2D eigenvalue weighted by atomic mass is 79.9. The molecule has 4 heteroatoms. The Kier molecular flexibility index (Phi) is 1.92. The summed E-state index contributed by atoms with van der Waals surface area (Å²) in [6.45, 7) is 1.77. The number of aromatic amines is 1. The third-order valence-electron chi connectivity index (χ3n) is 1.79. The first-order valence-electron chi connectivity index (χ1n) is 3.83. The van der Waals surface area contributed by atoms with Gasteiger partial charge in [0.15, 0.2) is 0 Å². The standard InChI is InChI=1S/C9H7BrN2O/c1-5-11-8-3-2-6(10)4-7(8)9(13)12-5/h2-4H,1H3,(H,11,12,13). The molecule has 2 rings (SSSR count). The Bertz CT molecular complexity index is 518. The second kappa shape index (κ2) is 2.96. The van der Waals surface area contributed by atoms with Crippen LogP contribution in [-0.2, 0) is 0 Å². The van der Waals surface area contributed by atoms with Gasteiger partial charge in [-0.1, -0.05) is 15.9 Å². The van der Waals surface area contributed by atoms with Crippen molar-refractivity contribution in [1.82, 2.24) is 9.97 Å². The molecule has 0 aliphatic heterocycles. The highest BCUT2D eigenvalue weighted by Crippen LogP contribution is 2.14. The number of nitrogens with one attached hydrogen (secondary N) is 1. The largest absolute Gasteiger partial charge is 0.310 e. The second-order valence-electron chi connectivity index (χ2n) is 2.81. The van der Waals surface area contributed by atoms with Crippen LogP contribution in [-0.4, -0.2) is 9.97 Å². The topological polar surface area (TPSA) is 45.8 Å². The maximum absolute atomic E-state index is 11.4. The maximum atomic E-state index is 11.4. The van der Waals surface area contributed by atoms with Gasteiger partial charge in [-0.25, -0.2) is 4.98 Å². The van der Waals surface area contributed by atoms with E-state index in [9.17, 15) is 4.79 Å². The second-order valence-corrected chi connectivity index (χ2v) is 3.73. The summed E-state index contributed by atoms with van der Waals surface area (Å²) < 4.78 is 0.885. The Morgan fingerprint density at radius 1 is 1.46 bits per heavy atom. The van der Waals surface area contributed by atoms with E-state index in [2.05, 4.69) is 25.9 Å². The zero-order valence-electron chi connectivity index (χ0n) is 6.97. The minimum Gasteiger partial charge on any atom is -0.310 e.